The Kier molecular flexibility index (Phi) is 7.97. The fourth-order valence-electron chi connectivity index (χ4n) is 3.95. The lowest BCUT2D eigenvalue weighted by atomic mass is 9.92. The molecule has 0 radical (unpaired) electrons. The Morgan fingerprint density at radius 1 is 1.14 bits per heavy atom. The molecule has 1 fully saturated rings. The van der Waals surface area contributed by atoms with Gasteiger partial charge in [-0.25, -0.2) is 0 Å². The van der Waals surface area contributed by atoms with Crippen molar-refractivity contribution >= 4 is 17.3 Å². The Bertz CT molecular complexity index is 609. The van der Waals surface area contributed by atoms with Crippen LogP contribution in [0.15, 0.2) is 0 Å². The van der Waals surface area contributed by atoms with Crippen molar-refractivity contribution in [1.82, 2.24) is 15.3 Å². The number of nitrogens with two attached hydrogens (primary N) is 1. The molecule has 8 heteroatoms. The van der Waals surface area contributed by atoms with Crippen molar-refractivity contribution in [3.05, 3.63) is 0 Å². The minimum absolute atomic E-state index is 0.285. The van der Waals surface area contributed by atoms with Crippen LogP contribution in [0.5, 0.6) is 6.01 Å². The van der Waals surface area contributed by atoms with Gasteiger partial charge in [-0.05, 0) is 44.7 Å². The monoisotopic (exact) mass is 392 g/mol. The summed E-state index contributed by atoms with van der Waals surface area (Å²) in [4.78, 5) is 10.5. The third-order valence-corrected chi connectivity index (χ3v) is 5.69. The van der Waals surface area contributed by atoms with Gasteiger partial charge >= 0.3 is 6.01 Å². The molecular formula is C20H36N6O2. The van der Waals surface area contributed by atoms with E-state index in [2.05, 4.69) is 27.5 Å². The molecule has 0 bridgehead atoms. The Morgan fingerprint density at radius 2 is 1.93 bits per heavy atom. The van der Waals surface area contributed by atoms with Crippen LogP contribution in [0.4, 0.5) is 17.3 Å². The predicted molar refractivity (Wildman–Crippen MR) is 113 cm³/mol. The number of nitrogen functional groups attached to an aromatic ring is 1. The van der Waals surface area contributed by atoms with Gasteiger partial charge in [-0.3, -0.25) is 0 Å². The molecule has 2 aliphatic heterocycles. The van der Waals surface area contributed by atoms with E-state index in [1.807, 2.05) is 4.90 Å². The summed E-state index contributed by atoms with van der Waals surface area (Å²) in [6.07, 6.45) is 9.89. The summed E-state index contributed by atoms with van der Waals surface area (Å²) in [5.74, 6) is 1.87. The van der Waals surface area contributed by atoms with Crippen molar-refractivity contribution in [3.63, 3.8) is 0 Å². The van der Waals surface area contributed by atoms with Gasteiger partial charge in [0.2, 0.25) is 6.35 Å². The lowest BCUT2D eigenvalue weighted by Gasteiger charge is -2.23. The summed E-state index contributed by atoms with van der Waals surface area (Å²) in [5, 5.41) is 16.8. The molecule has 1 unspecified atom stereocenters. The van der Waals surface area contributed by atoms with Gasteiger partial charge in [-0.15, -0.1) is 0 Å². The number of aliphatic hydroxyl groups excluding tert-OH is 1. The standard InChI is InChI=1S/C20H36N6O2/c1-2-3-14-28-19-24-17(21)16-18(25-19)26(20(27)23-16)13-7-5-4-6-8-15-9-11-22-12-10-15/h15,20,22-23,27H,2-14H2,1H3,(H2,21,24,25). The smallest absolute Gasteiger partial charge is 0.320 e. The van der Waals surface area contributed by atoms with E-state index in [0.29, 0.717) is 23.9 Å². The van der Waals surface area contributed by atoms with Crippen LogP contribution in [0.3, 0.4) is 0 Å². The minimum Gasteiger partial charge on any atom is -0.463 e. The van der Waals surface area contributed by atoms with Gasteiger partial charge < -0.3 is 31.1 Å². The topological polar surface area (TPSA) is 109 Å². The molecule has 0 aliphatic carbocycles. The van der Waals surface area contributed by atoms with Crippen molar-refractivity contribution in [2.45, 2.75) is 71.1 Å². The molecular weight excluding hydrogens is 356 g/mol. The quantitative estimate of drug-likeness (QED) is 0.426. The summed E-state index contributed by atoms with van der Waals surface area (Å²) < 4.78 is 5.61. The zero-order chi connectivity index (χ0) is 19.8. The molecule has 1 saturated heterocycles. The maximum atomic E-state index is 10.4. The molecule has 0 amide bonds. The highest BCUT2D eigenvalue weighted by Crippen LogP contribution is 2.37. The van der Waals surface area contributed by atoms with Crippen molar-refractivity contribution < 1.29 is 9.84 Å². The number of unbranched alkanes of at least 4 members (excludes halogenated alkanes) is 4. The van der Waals surface area contributed by atoms with E-state index in [1.165, 1.54) is 45.2 Å². The number of nitrogens with zero attached hydrogens (tertiary/aromatic N) is 3. The average molecular weight is 393 g/mol. The molecule has 2 aliphatic rings. The fourth-order valence-corrected chi connectivity index (χ4v) is 3.95. The van der Waals surface area contributed by atoms with Crippen molar-refractivity contribution in [3.8, 4) is 6.01 Å². The number of ether oxygens (including phenoxy) is 1. The van der Waals surface area contributed by atoms with Crippen LogP contribution in [-0.2, 0) is 0 Å². The van der Waals surface area contributed by atoms with E-state index >= 15 is 0 Å². The zero-order valence-electron chi connectivity index (χ0n) is 17.1. The first kappa shape index (κ1) is 20.9. The minimum atomic E-state index is -0.813. The highest BCUT2D eigenvalue weighted by Gasteiger charge is 2.31. The summed E-state index contributed by atoms with van der Waals surface area (Å²) in [6, 6.07) is 0.285. The average Bonchev–Trinajstić information content (AvgIpc) is 3.02. The first-order valence-corrected chi connectivity index (χ1v) is 10.9. The molecule has 158 valence electrons. The molecule has 0 spiro atoms. The molecule has 1 aromatic rings. The number of hydrogen-bond donors (Lipinski definition) is 4. The van der Waals surface area contributed by atoms with Crippen molar-refractivity contribution in [2.24, 2.45) is 5.92 Å². The first-order chi connectivity index (χ1) is 13.7. The van der Waals surface area contributed by atoms with Crippen LogP contribution >= 0.6 is 0 Å². The van der Waals surface area contributed by atoms with Gasteiger partial charge in [0.25, 0.3) is 0 Å². The van der Waals surface area contributed by atoms with E-state index in [4.69, 9.17) is 10.5 Å². The summed E-state index contributed by atoms with van der Waals surface area (Å²) in [7, 11) is 0. The van der Waals surface area contributed by atoms with Crippen LogP contribution < -0.4 is 26.0 Å². The molecule has 8 nitrogen and oxygen atoms in total. The fraction of sp³-hybridized carbons (Fsp3) is 0.800. The first-order valence-electron chi connectivity index (χ1n) is 10.9. The largest absolute Gasteiger partial charge is 0.463 e. The predicted octanol–water partition coefficient (Wildman–Crippen LogP) is 2.70. The Morgan fingerprint density at radius 3 is 2.71 bits per heavy atom. The number of rotatable bonds is 11. The van der Waals surface area contributed by atoms with Gasteiger partial charge in [-0.1, -0.05) is 39.0 Å². The van der Waals surface area contributed by atoms with E-state index < -0.39 is 6.35 Å². The second-order valence-corrected chi connectivity index (χ2v) is 7.90. The van der Waals surface area contributed by atoms with Crippen LogP contribution in [0, 0.1) is 5.92 Å². The second kappa shape index (κ2) is 10.7. The molecule has 0 saturated carbocycles. The van der Waals surface area contributed by atoms with Crippen LogP contribution in [-0.4, -0.2) is 47.7 Å². The second-order valence-electron chi connectivity index (χ2n) is 7.90. The lowest BCUT2D eigenvalue weighted by molar-refractivity contribution is 0.202. The van der Waals surface area contributed by atoms with Gasteiger partial charge in [0, 0.05) is 6.54 Å². The number of hydrogen-bond acceptors (Lipinski definition) is 8. The van der Waals surface area contributed by atoms with Crippen molar-refractivity contribution in [2.75, 3.05) is 42.2 Å². The number of anilines is 3. The normalized spacial score (nSPS) is 19.5. The third-order valence-electron chi connectivity index (χ3n) is 5.69. The molecule has 1 atom stereocenters. The third kappa shape index (κ3) is 5.61. The molecule has 0 aromatic carbocycles. The Balaban J connectivity index is 1.44. The number of aromatic nitrogens is 2. The number of piperidine rings is 1. The maximum absolute atomic E-state index is 10.4. The Hall–Kier alpha value is -1.80. The highest BCUT2D eigenvalue weighted by molar-refractivity contribution is 5.81. The van der Waals surface area contributed by atoms with Crippen molar-refractivity contribution in [1.29, 1.82) is 0 Å². The number of aliphatic hydroxyl groups is 1. The molecule has 28 heavy (non-hydrogen) atoms. The van der Waals surface area contributed by atoms with Gasteiger partial charge in [-0.2, -0.15) is 9.97 Å². The van der Waals surface area contributed by atoms with Gasteiger partial charge in [0.1, 0.15) is 5.69 Å². The highest BCUT2D eigenvalue weighted by atomic mass is 16.5. The lowest BCUT2D eigenvalue weighted by Crippen LogP contribution is -2.36. The van der Waals surface area contributed by atoms with E-state index in [1.54, 1.807) is 0 Å². The van der Waals surface area contributed by atoms with E-state index in [0.717, 1.165) is 38.1 Å². The van der Waals surface area contributed by atoms with Crippen LogP contribution in [0.25, 0.3) is 0 Å². The molecule has 3 heterocycles. The SMILES string of the molecule is CCCCOc1nc(N)c2c(n1)N(CCCCCCC1CCNCC1)C(O)N2. The number of fused-ring (bicyclic) bond motifs is 1. The Labute approximate surface area is 168 Å². The van der Waals surface area contributed by atoms with E-state index in [9.17, 15) is 5.11 Å². The summed E-state index contributed by atoms with van der Waals surface area (Å²) >= 11 is 0. The van der Waals surface area contributed by atoms with E-state index in [-0.39, 0.29) is 6.01 Å². The van der Waals surface area contributed by atoms with Gasteiger partial charge in [0.05, 0.1) is 6.61 Å². The summed E-state index contributed by atoms with van der Waals surface area (Å²) in [5.41, 5.74) is 6.63. The molecule has 1 aromatic heterocycles. The number of nitrogens with one attached hydrogen (secondary N) is 2. The van der Waals surface area contributed by atoms with Crippen LogP contribution in [0.2, 0.25) is 0 Å². The zero-order valence-corrected chi connectivity index (χ0v) is 17.1. The van der Waals surface area contributed by atoms with Crippen LogP contribution in [0.1, 0.15) is 64.7 Å². The maximum Gasteiger partial charge on any atom is 0.320 e. The molecule has 3 rings (SSSR count). The summed E-state index contributed by atoms with van der Waals surface area (Å²) in [6.45, 7) is 5.77. The molecule has 5 N–H and O–H groups in total. The van der Waals surface area contributed by atoms with Gasteiger partial charge in [0.15, 0.2) is 11.6 Å².